The number of aromatic nitrogens is 3. The highest BCUT2D eigenvalue weighted by Gasteiger charge is 2.45. The third-order valence-electron chi connectivity index (χ3n) is 7.74. The molecule has 0 radical (unpaired) electrons. The number of aryl methyl sites for hydroxylation is 1. The summed E-state index contributed by atoms with van der Waals surface area (Å²) in [7, 11) is 0. The Labute approximate surface area is 240 Å². The van der Waals surface area contributed by atoms with E-state index < -0.39 is 17.4 Å². The number of pyridine rings is 1. The lowest BCUT2D eigenvalue weighted by atomic mass is 9.89. The first kappa shape index (κ1) is 27.2. The van der Waals surface area contributed by atoms with E-state index >= 15 is 0 Å². The van der Waals surface area contributed by atoms with Gasteiger partial charge >= 0.3 is 6.09 Å². The Morgan fingerprint density at radius 3 is 2.56 bits per heavy atom. The van der Waals surface area contributed by atoms with Gasteiger partial charge in [-0.3, -0.25) is 19.0 Å². The van der Waals surface area contributed by atoms with E-state index in [1.807, 2.05) is 6.92 Å². The zero-order chi connectivity index (χ0) is 29.1. The first-order valence-electron chi connectivity index (χ1n) is 13.8. The summed E-state index contributed by atoms with van der Waals surface area (Å²) in [4.78, 5) is 63.3. The SMILES string of the molecule is Cc1cc(Nc2ncnc3sc(C(=O)N4CC(NC(=O)OC(C)(C)C)C4)cc23)c(=O)n2c1C(=O)NC21CCCCC1. The molecule has 6 rings (SSSR count). The maximum Gasteiger partial charge on any atom is 0.407 e. The topological polar surface area (TPSA) is 148 Å². The van der Waals surface area contributed by atoms with Gasteiger partial charge in [0.05, 0.1) is 16.3 Å². The third-order valence-corrected chi connectivity index (χ3v) is 8.78. The summed E-state index contributed by atoms with van der Waals surface area (Å²) in [6, 6.07) is 3.23. The first-order chi connectivity index (χ1) is 19.4. The Hall–Kier alpha value is -4.00. The van der Waals surface area contributed by atoms with Crippen LogP contribution in [0.25, 0.3) is 10.2 Å². The maximum atomic E-state index is 13.8. The van der Waals surface area contributed by atoms with E-state index in [4.69, 9.17) is 4.74 Å². The number of likely N-dealkylation sites (tertiary alicyclic amines) is 1. The Kier molecular flexibility index (Phi) is 6.51. The summed E-state index contributed by atoms with van der Waals surface area (Å²) in [5, 5.41) is 9.68. The fourth-order valence-corrected chi connectivity index (χ4v) is 6.86. The van der Waals surface area contributed by atoms with Gasteiger partial charge in [0, 0.05) is 13.1 Å². The highest BCUT2D eigenvalue weighted by molar-refractivity contribution is 7.20. The van der Waals surface area contributed by atoms with Crippen molar-refractivity contribution in [1.29, 1.82) is 0 Å². The highest BCUT2D eigenvalue weighted by Crippen LogP contribution is 2.38. The average molecular weight is 580 g/mol. The van der Waals surface area contributed by atoms with Gasteiger partial charge < -0.3 is 25.6 Å². The Balaban J connectivity index is 1.22. The number of ether oxygens (including phenoxy) is 1. The van der Waals surface area contributed by atoms with Crippen molar-refractivity contribution in [2.45, 2.75) is 77.1 Å². The lowest BCUT2D eigenvalue weighted by Gasteiger charge is -2.39. The van der Waals surface area contributed by atoms with E-state index in [0.29, 0.717) is 63.8 Å². The van der Waals surface area contributed by atoms with Crippen LogP contribution in [0.5, 0.6) is 0 Å². The molecule has 2 fully saturated rings. The van der Waals surface area contributed by atoms with Crippen LogP contribution in [0.3, 0.4) is 0 Å². The predicted octanol–water partition coefficient (Wildman–Crippen LogP) is 3.61. The molecule has 0 atom stereocenters. The van der Waals surface area contributed by atoms with Gasteiger partial charge in [-0.25, -0.2) is 14.8 Å². The highest BCUT2D eigenvalue weighted by atomic mass is 32.1. The van der Waals surface area contributed by atoms with Crippen LogP contribution < -0.4 is 21.5 Å². The summed E-state index contributed by atoms with van der Waals surface area (Å²) in [6.07, 6.45) is 5.28. The second kappa shape index (κ2) is 9.82. The molecule has 41 heavy (non-hydrogen) atoms. The van der Waals surface area contributed by atoms with Crippen molar-refractivity contribution in [3.63, 3.8) is 0 Å². The first-order valence-corrected chi connectivity index (χ1v) is 14.7. The number of anilines is 2. The van der Waals surface area contributed by atoms with E-state index in [9.17, 15) is 19.2 Å². The van der Waals surface area contributed by atoms with Crippen molar-refractivity contribution in [3.8, 4) is 0 Å². The molecule has 12 nitrogen and oxygen atoms in total. The van der Waals surface area contributed by atoms with Gasteiger partial charge in [0.1, 0.15) is 39.6 Å². The van der Waals surface area contributed by atoms with Gasteiger partial charge in [-0.2, -0.15) is 0 Å². The van der Waals surface area contributed by atoms with E-state index in [0.717, 1.165) is 19.3 Å². The number of alkyl carbamates (subject to hydrolysis) is 1. The monoisotopic (exact) mass is 579 g/mol. The fourth-order valence-electron chi connectivity index (χ4n) is 5.89. The van der Waals surface area contributed by atoms with Crippen molar-refractivity contribution >= 4 is 51.0 Å². The predicted molar refractivity (Wildman–Crippen MR) is 154 cm³/mol. The molecule has 1 saturated carbocycles. The van der Waals surface area contributed by atoms with Crippen LogP contribution in [0.1, 0.15) is 78.6 Å². The molecule has 1 aliphatic carbocycles. The van der Waals surface area contributed by atoms with E-state index in [1.54, 1.807) is 42.4 Å². The van der Waals surface area contributed by atoms with Gasteiger partial charge in [-0.1, -0.05) is 6.42 Å². The molecule has 3 aromatic rings. The lowest BCUT2D eigenvalue weighted by molar-refractivity contribution is 0.0361. The van der Waals surface area contributed by atoms with Crippen LogP contribution >= 0.6 is 11.3 Å². The second-order valence-corrected chi connectivity index (χ2v) is 13.0. The number of nitrogens with one attached hydrogen (secondary N) is 3. The standard InChI is InChI=1S/C28H33N7O5S/c1-15-10-18(24(37)35-20(15)22(36)33-28(35)8-6-5-7-9-28)32-21-17-11-19(41-23(17)30-14-29-21)25(38)34-12-16(13-34)31-26(39)40-27(2,3)4/h10-11,14,16H,5-9,12-13H2,1-4H3,(H,31,39)(H,33,36)(H,29,30,32). The quantitative estimate of drug-likeness (QED) is 0.425. The summed E-state index contributed by atoms with van der Waals surface area (Å²) in [5.41, 5.74) is -0.152. The van der Waals surface area contributed by atoms with E-state index in [1.165, 1.54) is 17.7 Å². The summed E-state index contributed by atoms with van der Waals surface area (Å²) in [6.45, 7) is 7.97. The molecule has 1 spiro atoms. The number of amides is 3. The molecule has 13 heteroatoms. The van der Waals surface area contributed by atoms with Crippen LogP contribution in [0, 0.1) is 6.92 Å². The van der Waals surface area contributed by atoms with Gasteiger partial charge in [0.15, 0.2) is 0 Å². The van der Waals surface area contributed by atoms with Gasteiger partial charge in [-0.15, -0.1) is 11.3 Å². The average Bonchev–Trinajstić information content (AvgIpc) is 3.43. The zero-order valence-corrected chi connectivity index (χ0v) is 24.3. The van der Waals surface area contributed by atoms with E-state index in [-0.39, 0.29) is 23.4 Å². The van der Waals surface area contributed by atoms with Crippen molar-refractivity contribution in [1.82, 2.24) is 30.1 Å². The minimum Gasteiger partial charge on any atom is -0.444 e. The summed E-state index contributed by atoms with van der Waals surface area (Å²) >= 11 is 1.24. The number of carbonyl (C=O) groups excluding carboxylic acids is 3. The molecular formula is C28H33N7O5S. The van der Waals surface area contributed by atoms with Crippen LogP contribution in [-0.4, -0.2) is 62.1 Å². The van der Waals surface area contributed by atoms with E-state index in [2.05, 4.69) is 25.9 Å². The lowest BCUT2D eigenvalue weighted by Crippen LogP contribution is -2.61. The number of nitrogens with zero attached hydrogens (tertiary/aromatic N) is 4. The molecule has 3 amide bonds. The van der Waals surface area contributed by atoms with Crippen LogP contribution in [0.2, 0.25) is 0 Å². The minimum absolute atomic E-state index is 0.168. The van der Waals surface area contributed by atoms with Crippen molar-refractivity contribution < 1.29 is 19.1 Å². The van der Waals surface area contributed by atoms with Crippen molar-refractivity contribution in [3.05, 3.63) is 44.9 Å². The molecule has 3 N–H and O–H groups in total. The van der Waals surface area contributed by atoms with Crippen molar-refractivity contribution in [2.75, 3.05) is 18.4 Å². The number of hydrogen-bond acceptors (Lipinski definition) is 9. The summed E-state index contributed by atoms with van der Waals surface area (Å²) < 4.78 is 6.92. The zero-order valence-electron chi connectivity index (χ0n) is 23.5. The van der Waals surface area contributed by atoms with Crippen LogP contribution in [-0.2, 0) is 10.4 Å². The molecule has 0 unspecified atom stereocenters. The van der Waals surface area contributed by atoms with Gasteiger partial charge in [0.2, 0.25) is 0 Å². The molecule has 0 bridgehead atoms. The molecule has 0 aromatic carbocycles. The molecule has 5 heterocycles. The largest absolute Gasteiger partial charge is 0.444 e. The molecule has 216 valence electrons. The number of thiophene rings is 1. The molecule has 2 aliphatic heterocycles. The molecule has 3 aliphatic rings. The maximum absolute atomic E-state index is 13.8. The number of hydrogen-bond donors (Lipinski definition) is 3. The Bertz CT molecular complexity index is 1630. The third kappa shape index (κ3) is 4.92. The Morgan fingerprint density at radius 2 is 1.85 bits per heavy atom. The molecule has 1 saturated heterocycles. The minimum atomic E-state index is -0.694. The van der Waals surface area contributed by atoms with Gasteiger partial charge in [0.25, 0.3) is 17.4 Å². The van der Waals surface area contributed by atoms with Crippen molar-refractivity contribution in [2.24, 2.45) is 0 Å². The second-order valence-electron chi connectivity index (χ2n) is 12.0. The number of carbonyl (C=O) groups is 3. The smallest absolute Gasteiger partial charge is 0.407 e. The number of fused-ring (bicyclic) bond motifs is 3. The fraction of sp³-hybridized carbons (Fsp3) is 0.500. The van der Waals surface area contributed by atoms with Crippen LogP contribution in [0.15, 0.2) is 23.3 Å². The molecule has 3 aromatic heterocycles. The normalized spacial score (nSPS) is 18.1. The number of rotatable bonds is 4. The van der Waals surface area contributed by atoms with Gasteiger partial charge in [-0.05, 0) is 71.1 Å². The van der Waals surface area contributed by atoms with Crippen LogP contribution in [0.4, 0.5) is 16.3 Å². The Morgan fingerprint density at radius 1 is 1.12 bits per heavy atom. The summed E-state index contributed by atoms with van der Waals surface area (Å²) in [5.74, 6) is 0.0249. The molecular weight excluding hydrogens is 546 g/mol.